The van der Waals surface area contributed by atoms with Crippen LogP contribution in [0.15, 0.2) is 65.6 Å². The highest BCUT2D eigenvalue weighted by atomic mass is 35.5. The molecular formula is C23H23ClN2O2S2. The number of halogens is 1. The molecule has 4 rings (SSSR count). The maximum absolute atomic E-state index is 12.8. The average Bonchev–Trinajstić information content (AvgIpc) is 3.22. The second-order valence-electron chi connectivity index (χ2n) is 7.32. The van der Waals surface area contributed by atoms with E-state index in [4.69, 9.17) is 11.6 Å². The van der Waals surface area contributed by atoms with Crippen molar-refractivity contribution in [3.8, 4) is 10.4 Å². The van der Waals surface area contributed by atoms with E-state index in [0.29, 0.717) is 18.7 Å². The molecule has 3 aromatic rings. The first kappa shape index (κ1) is 21.2. The Hall–Kier alpha value is -1.99. The first-order valence-corrected chi connectivity index (χ1v) is 12.5. The number of amides is 1. The molecule has 1 amide bonds. The number of carbonyl (C=O) groups excluding carboxylic acids is 1. The lowest BCUT2D eigenvalue weighted by molar-refractivity contribution is 0.0629. The van der Waals surface area contributed by atoms with E-state index in [-0.39, 0.29) is 5.91 Å². The number of hydrogen-bond donors (Lipinski definition) is 0. The van der Waals surface area contributed by atoms with Crippen LogP contribution in [0.1, 0.15) is 15.2 Å². The Kier molecular flexibility index (Phi) is 6.68. The third-order valence-corrected chi connectivity index (χ3v) is 7.53. The van der Waals surface area contributed by atoms with Crippen LogP contribution in [-0.4, -0.2) is 52.4 Å². The predicted octanol–water partition coefficient (Wildman–Crippen LogP) is 4.76. The zero-order valence-electron chi connectivity index (χ0n) is 16.7. The molecule has 2 heterocycles. The molecule has 0 radical (unpaired) electrons. The molecule has 1 saturated heterocycles. The van der Waals surface area contributed by atoms with Crippen LogP contribution in [0.3, 0.4) is 0 Å². The molecule has 0 spiro atoms. The third-order valence-electron chi connectivity index (χ3n) is 5.24. The standard InChI is InChI=1S/C23H23ClN2O2S2/c1-30(28)21-8-5-17(6-9-21)23(27)26-13-11-25(12-14-26)16-20-7-10-22(29-20)18-3-2-4-19(24)15-18/h2-10,15H,11-14,16H2,1H3. The highest BCUT2D eigenvalue weighted by Crippen LogP contribution is 2.30. The van der Waals surface area contributed by atoms with Gasteiger partial charge in [-0.05, 0) is 54.1 Å². The van der Waals surface area contributed by atoms with Gasteiger partial charge in [-0.3, -0.25) is 13.9 Å². The summed E-state index contributed by atoms with van der Waals surface area (Å²) in [6, 6.07) is 19.4. The van der Waals surface area contributed by atoms with Gasteiger partial charge in [0.25, 0.3) is 5.91 Å². The minimum absolute atomic E-state index is 0.0439. The van der Waals surface area contributed by atoms with E-state index >= 15 is 0 Å². The quantitative estimate of drug-likeness (QED) is 0.553. The van der Waals surface area contributed by atoms with Crippen LogP contribution in [0.25, 0.3) is 10.4 Å². The number of thiophene rings is 1. The maximum atomic E-state index is 12.8. The highest BCUT2D eigenvalue weighted by Gasteiger charge is 2.22. The van der Waals surface area contributed by atoms with E-state index in [1.165, 1.54) is 9.75 Å². The molecule has 1 aliphatic heterocycles. The van der Waals surface area contributed by atoms with E-state index in [0.717, 1.165) is 35.1 Å². The van der Waals surface area contributed by atoms with Crippen LogP contribution in [0, 0.1) is 0 Å². The van der Waals surface area contributed by atoms with Crippen molar-refractivity contribution < 1.29 is 9.00 Å². The van der Waals surface area contributed by atoms with Gasteiger partial charge in [0.05, 0.1) is 0 Å². The molecule has 0 saturated carbocycles. The van der Waals surface area contributed by atoms with Gasteiger partial charge in [0.15, 0.2) is 0 Å². The lowest BCUT2D eigenvalue weighted by Crippen LogP contribution is -2.48. The summed E-state index contributed by atoms with van der Waals surface area (Å²) in [6.45, 7) is 4.03. The first-order valence-electron chi connectivity index (χ1n) is 9.79. The molecule has 0 bridgehead atoms. The molecule has 2 aromatic carbocycles. The number of nitrogens with zero attached hydrogens (tertiary/aromatic N) is 2. The molecule has 0 N–H and O–H groups in total. The lowest BCUT2D eigenvalue weighted by atomic mass is 10.2. The Bertz CT molecular complexity index is 1060. The van der Waals surface area contributed by atoms with Gasteiger partial charge in [0.2, 0.25) is 0 Å². The Balaban J connectivity index is 1.32. The summed E-state index contributed by atoms with van der Waals surface area (Å²) < 4.78 is 11.5. The number of benzene rings is 2. The summed E-state index contributed by atoms with van der Waals surface area (Å²) in [4.78, 5) is 20.3. The van der Waals surface area contributed by atoms with E-state index in [1.807, 2.05) is 23.1 Å². The Morgan fingerprint density at radius 3 is 2.43 bits per heavy atom. The van der Waals surface area contributed by atoms with Crippen molar-refractivity contribution in [3.63, 3.8) is 0 Å². The molecule has 1 fully saturated rings. The zero-order chi connectivity index (χ0) is 21.1. The summed E-state index contributed by atoms with van der Waals surface area (Å²) in [5, 5.41) is 0.751. The highest BCUT2D eigenvalue weighted by molar-refractivity contribution is 7.84. The van der Waals surface area contributed by atoms with Crippen molar-refractivity contribution in [1.82, 2.24) is 9.80 Å². The van der Waals surface area contributed by atoms with Gasteiger partial charge in [0, 0.05) is 75.0 Å². The fourth-order valence-corrected chi connectivity index (χ4v) is 5.32. The summed E-state index contributed by atoms with van der Waals surface area (Å²) in [6.07, 6.45) is 1.64. The molecule has 0 aliphatic carbocycles. The van der Waals surface area contributed by atoms with Gasteiger partial charge in [-0.1, -0.05) is 23.7 Å². The molecule has 1 atom stereocenters. The van der Waals surface area contributed by atoms with Gasteiger partial charge in [0.1, 0.15) is 0 Å². The van der Waals surface area contributed by atoms with Crippen LogP contribution in [0.2, 0.25) is 5.02 Å². The van der Waals surface area contributed by atoms with Crippen LogP contribution < -0.4 is 0 Å². The maximum Gasteiger partial charge on any atom is 0.253 e. The second kappa shape index (κ2) is 9.43. The first-order chi connectivity index (χ1) is 14.5. The second-order valence-corrected chi connectivity index (χ2v) is 10.3. The molecule has 1 aromatic heterocycles. The van der Waals surface area contributed by atoms with Crippen LogP contribution >= 0.6 is 22.9 Å². The van der Waals surface area contributed by atoms with Crippen molar-refractivity contribution in [2.24, 2.45) is 0 Å². The SMILES string of the molecule is CS(=O)c1ccc(C(=O)N2CCN(Cc3ccc(-c4cccc(Cl)c4)s3)CC2)cc1. The third kappa shape index (κ3) is 5.01. The van der Waals surface area contributed by atoms with E-state index in [9.17, 15) is 9.00 Å². The summed E-state index contributed by atoms with van der Waals surface area (Å²) in [5.74, 6) is 0.0439. The van der Waals surface area contributed by atoms with Crippen LogP contribution in [0.5, 0.6) is 0 Å². The monoisotopic (exact) mass is 458 g/mol. The van der Waals surface area contributed by atoms with Crippen LogP contribution in [0.4, 0.5) is 0 Å². The predicted molar refractivity (Wildman–Crippen MR) is 125 cm³/mol. The number of piperazine rings is 1. The fourth-order valence-electron chi connectivity index (χ4n) is 3.56. The van der Waals surface area contributed by atoms with Crippen molar-refractivity contribution >= 4 is 39.6 Å². The summed E-state index contributed by atoms with van der Waals surface area (Å²) in [5.41, 5.74) is 1.80. The number of hydrogen-bond acceptors (Lipinski definition) is 4. The fraction of sp³-hybridized carbons (Fsp3) is 0.261. The number of carbonyl (C=O) groups is 1. The molecule has 4 nitrogen and oxygen atoms in total. The Morgan fingerprint density at radius 1 is 1.03 bits per heavy atom. The van der Waals surface area contributed by atoms with Gasteiger partial charge in [-0.2, -0.15) is 0 Å². The number of rotatable bonds is 5. The van der Waals surface area contributed by atoms with Crippen molar-refractivity contribution in [2.75, 3.05) is 32.4 Å². The topological polar surface area (TPSA) is 40.6 Å². The Morgan fingerprint density at radius 2 is 1.77 bits per heavy atom. The lowest BCUT2D eigenvalue weighted by Gasteiger charge is -2.34. The minimum atomic E-state index is -1.03. The van der Waals surface area contributed by atoms with Gasteiger partial charge < -0.3 is 4.90 Å². The molecule has 156 valence electrons. The largest absolute Gasteiger partial charge is 0.336 e. The van der Waals surface area contributed by atoms with E-state index < -0.39 is 10.8 Å². The van der Waals surface area contributed by atoms with Gasteiger partial charge >= 0.3 is 0 Å². The molecule has 7 heteroatoms. The average molecular weight is 459 g/mol. The Labute approximate surface area is 188 Å². The van der Waals surface area contributed by atoms with Crippen LogP contribution in [-0.2, 0) is 17.3 Å². The smallest absolute Gasteiger partial charge is 0.253 e. The van der Waals surface area contributed by atoms with E-state index in [2.05, 4.69) is 23.1 Å². The van der Waals surface area contributed by atoms with Crippen molar-refractivity contribution in [1.29, 1.82) is 0 Å². The molecule has 1 aliphatic rings. The van der Waals surface area contributed by atoms with Gasteiger partial charge in [-0.15, -0.1) is 11.3 Å². The summed E-state index contributed by atoms with van der Waals surface area (Å²) >= 11 is 7.90. The normalized spacial score (nSPS) is 15.9. The van der Waals surface area contributed by atoms with Gasteiger partial charge in [-0.25, -0.2) is 0 Å². The zero-order valence-corrected chi connectivity index (χ0v) is 19.1. The minimum Gasteiger partial charge on any atom is -0.336 e. The van der Waals surface area contributed by atoms with Crippen molar-refractivity contribution in [2.45, 2.75) is 11.4 Å². The molecular weight excluding hydrogens is 436 g/mol. The van der Waals surface area contributed by atoms with Crippen molar-refractivity contribution in [3.05, 3.63) is 76.1 Å². The summed E-state index contributed by atoms with van der Waals surface area (Å²) in [7, 11) is -1.03. The molecule has 1 unspecified atom stereocenters. The van der Waals surface area contributed by atoms with E-state index in [1.54, 1.807) is 41.9 Å². The molecule has 30 heavy (non-hydrogen) atoms.